The van der Waals surface area contributed by atoms with Gasteiger partial charge in [-0.15, -0.1) is 0 Å². The van der Waals surface area contributed by atoms with E-state index in [4.69, 9.17) is 0 Å². The number of pyridine rings is 1. The van der Waals surface area contributed by atoms with Gasteiger partial charge in [0.15, 0.2) is 5.13 Å². The van der Waals surface area contributed by atoms with Crippen LogP contribution in [0.1, 0.15) is 25.0 Å². The Labute approximate surface area is 143 Å². The summed E-state index contributed by atoms with van der Waals surface area (Å²) in [4.78, 5) is 23.2. The lowest BCUT2D eigenvalue weighted by atomic mass is 9.84. The third-order valence-corrected chi connectivity index (χ3v) is 5.40. The molecular formula is C18H16FN3OS. The number of nitrogens with zero attached hydrogens (tertiary/aromatic N) is 3. The second kappa shape index (κ2) is 6.28. The highest BCUT2D eigenvalue weighted by Crippen LogP contribution is 2.35. The highest BCUT2D eigenvalue weighted by atomic mass is 32.1. The normalized spacial score (nSPS) is 14.5. The average molecular weight is 341 g/mol. The quantitative estimate of drug-likeness (QED) is 0.716. The first-order chi connectivity index (χ1) is 11.7. The van der Waals surface area contributed by atoms with Gasteiger partial charge in [0.05, 0.1) is 16.9 Å². The minimum Gasteiger partial charge on any atom is -0.282 e. The lowest BCUT2D eigenvalue weighted by molar-refractivity contribution is -0.124. The first-order valence-electron chi connectivity index (χ1n) is 7.99. The fourth-order valence-electron chi connectivity index (χ4n) is 2.79. The van der Waals surface area contributed by atoms with Gasteiger partial charge in [-0.3, -0.25) is 14.7 Å². The summed E-state index contributed by atoms with van der Waals surface area (Å²) in [7, 11) is 0. The standard InChI is InChI=1S/C18H16FN3OS/c19-14-8-4-9-15-16(14)21-18(24-15)22(17(23)12-5-3-6-12)11-13-7-1-2-10-20-13/h1-2,4,7-10,12H,3,5-6,11H2. The highest BCUT2D eigenvalue weighted by molar-refractivity contribution is 7.22. The Bertz CT molecular complexity index is 876. The van der Waals surface area contributed by atoms with Crippen molar-refractivity contribution in [2.75, 3.05) is 4.90 Å². The van der Waals surface area contributed by atoms with E-state index in [-0.39, 0.29) is 17.6 Å². The molecule has 3 aromatic rings. The van der Waals surface area contributed by atoms with Gasteiger partial charge in [-0.2, -0.15) is 0 Å². The summed E-state index contributed by atoms with van der Waals surface area (Å²) in [6.07, 6.45) is 4.62. The van der Waals surface area contributed by atoms with Gasteiger partial charge in [-0.1, -0.05) is 29.9 Å². The zero-order valence-electron chi connectivity index (χ0n) is 13.0. The summed E-state index contributed by atoms with van der Waals surface area (Å²) in [5.41, 5.74) is 1.12. The molecule has 1 aliphatic rings. The molecule has 0 saturated heterocycles. The average Bonchev–Trinajstić information content (AvgIpc) is 2.97. The number of benzene rings is 1. The Kier molecular flexibility index (Phi) is 3.98. The van der Waals surface area contributed by atoms with Crippen LogP contribution < -0.4 is 4.90 Å². The van der Waals surface area contributed by atoms with Crippen LogP contribution in [0.4, 0.5) is 9.52 Å². The Morgan fingerprint density at radius 1 is 1.25 bits per heavy atom. The number of hydrogen-bond acceptors (Lipinski definition) is 4. The van der Waals surface area contributed by atoms with Gasteiger partial charge >= 0.3 is 0 Å². The minimum absolute atomic E-state index is 0.0468. The number of amides is 1. The van der Waals surface area contributed by atoms with Crippen molar-refractivity contribution in [3.63, 3.8) is 0 Å². The molecule has 0 atom stereocenters. The number of hydrogen-bond donors (Lipinski definition) is 0. The summed E-state index contributed by atoms with van der Waals surface area (Å²) in [5.74, 6) is -0.249. The van der Waals surface area contributed by atoms with Gasteiger partial charge < -0.3 is 0 Å². The summed E-state index contributed by atoms with van der Waals surface area (Å²) in [5, 5.41) is 0.539. The molecule has 1 aromatic carbocycles. The smallest absolute Gasteiger partial charge is 0.232 e. The largest absolute Gasteiger partial charge is 0.282 e. The molecule has 1 amide bonds. The number of halogens is 1. The number of rotatable bonds is 4. The van der Waals surface area contributed by atoms with E-state index in [2.05, 4.69) is 9.97 Å². The predicted molar refractivity (Wildman–Crippen MR) is 92.3 cm³/mol. The zero-order valence-corrected chi connectivity index (χ0v) is 13.8. The van der Waals surface area contributed by atoms with Crippen LogP contribution in [0.2, 0.25) is 0 Å². The van der Waals surface area contributed by atoms with Crippen molar-refractivity contribution in [1.82, 2.24) is 9.97 Å². The van der Waals surface area contributed by atoms with Crippen molar-refractivity contribution in [1.29, 1.82) is 0 Å². The Morgan fingerprint density at radius 2 is 2.12 bits per heavy atom. The third kappa shape index (κ3) is 2.78. The van der Waals surface area contributed by atoms with Crippen LogP contribution in [0.5, 0.6) is 0 Å². The number of carbonyl (C=O) groups excluding carboxylic acids is 1. The van der Waals surface area contributed by atoms with Crippen LogP contribution in [0.3, 0.4) is 0 Å². The van der Waals surface area contributed by atoms with E-state index in [1.165, 1.54) is 17.4 Å². The van der Waals surface area contributed by atoms with Crippen molar-refractivity contribution < 1.29 is 9.18 Å². The van der Waals surface area contributed by atoms with Crippen LogP contribution >= 0.6 is 11.3 Å². The molecule has 24 heavy (non-hydrogen) atoms. The number of carbonyl (C=O) groups is 1. The van der Waals surface area contributed by atoms with Gasteiger partial charge in [0, 0.05) is 12.1 Å². The van der Waals surface area contributed by atoms with Crippen molar-refractivity contribution >= 4 is 32.6 Å². The van der Waals surface area contributed by atoms with Gasteiger partial charge in [-0.25, -0.2) is 9.37 Å². The van der Waals surface area contributed by atoms with Gasteiger partial charge in [0.25, 0.3) is 0 Å². The number of para-hydroxylation sites is 1. The Morgan fingerprint density at radius 3 is 2.79 bits per heavy atom. The van der Waals surface area contributed by atoms with Crippen LogP contribution in [-0.4, -0.2) is 15.9 Å². The van der Waals surface area contributed by atoms with Crippen molar-refractivity contribution in [2.24, 2.45) is 5.92 Å². The van der Waals surface area contributed by atoms with Crippen LogP contribution in [0.15, 0.2) is 42.6 Å². The van der Waals surface area contributed by atoms with Crippen LogP contribution in [0, 0.1) is 11.7 Å². The first kappa shape index (κ1) is 15.2. The molecule has 6 heteroatoms. The highest BCUT2D eigenvalue weighted by Gasteiger charge is 2.32. The number of thiazole rings is 1. The lowest BCUT2D eigenvalue weighted by Crippen LogP contribution is -2.38. The maximum atomic E-state index is 14.0. The summed E-state index contributed by atoms with van der Waals surface area (Å²) >= 11 is 1.35. The number of aromatic nitrogens is 2. The van der Waals surface area contributed by atoms with E-state index in [1.54, 1.807) is 17.2 Å². The summed E-state index contributed by atoms with van der Waals surface area (Å²) < 4.78 is 14.7. The number of fused-ring (bicyclic) bond motifs is 1. The molecule has 1 aliphatic carbocycles. The molecular weight excluding hydrogens is 325 g/mol. The Hall–Kier alpha value is -2.34. The fraction of sp³-hybridized carbons (Fsp3) is 0.278. The lowest BCUT2D eigenvalue weighted by Gasteiger charge is -2.30. The van der Waals surface area contributed by atoms with E-state index in [1.807, 2.05) is 24.3 Å². The molecule has 4 nitrogen and oxygen atoms in total. The predicted octanol–water partition coefficient (Wildman–Crippen LogP) is 4.16. The number of anilines is 1. The fourth-order valence-corrected chi connectivity index (χ4v) is 3.77. The topological polar surface area (TPSA) is 46.1 Å². The van der Waals surface area contributed by atoms with Gasteiger partial charge in [0.1, 0.15) is 11.3 Å². The molecule has 0 unspecified atom stereocenters. The molecule has 2 aromatic heterocycles. The van der Waals surface area contributed by atoms with Gasteiger partial charge in [0.2, 0.25) is 5.91 Å². The van der Waals surface area contributed by atoms with E-state index < -0.39 is 0 Å². The third-order valence-electron chi connectivity index (χ3n) is 4.36. The second-order valence-corrected chi connectivity index (χ2v) is 6.97. The van der Waals surface area contributed by atoms with Crippen molar-refractivity contribution in [2.45, 2.75) is 25.8 Å². The Balaban J connectivity index is 1.72. The molecule has 0 bridgehead atoms. The second-order valence-electron chi connectivity index (χ2n) is 5.96. The van der Waals surface area contributed by atoms with E-state index in [0.29, 0.717) is 17.2 Å². The molecule has 1 saturated carbocycles. The molecule has 1 fully saturated rings. The van der Waals surface area contributed by atoms with Crippen molar-refractivity contribution in [3.8, 4) is 0 Å². The first-order valence-corrected chi connectivity index (χ1v) is 8.80. The molecule has 122 valence electrons. The maximum absolute atomic E-state index is 14.0. The SMILES string of the molecule is O=C(C1CCC1)N(Cc1ccccn1)c1nc2c(F)cccc2s1. The molecule has 0 N–H and O–H groups in total. The van der Waals surface area contributed by atoms with Crippen LogP contribution in [-0.2, 0) is 11.3 Å². The van der Waals surface area contributed by atoms with Crippen LogP contribution in [0.25, 0.3) is 10.2 Å². The molecule has 2 heterocycles. The molecule has 0 aliphatic heterocycles. The zero-order chi connectivity index (χ0) is 16.5. The molecule has 4 rings (SSSR count). The molecule has 0 spiro atoms. The van der Waals surface area contributed by atoms with E-state index >= 15 is 0 Å². The minimum atomic E-state index is -0.358. The van der Waals surface area contributed by atoms with E-state index in [9.17, 15) is 9.18 Å². The summed E-state index contributed by atoms with van der Waals surface area (Å²) in [6, 6.07) is 10.5. The van der Waals surface area contributed by atoms with Gasteiger partial charge in [-0.05, 0) is 37.1 Å². The summed E-state index contributed by atoms with van der Waals surface area (Å²) in [6.45, 7) is 0.359. The molecule has 0 radical (unpaired) electrons. The van der Waals surface area contributed by atoms with E-state index in [0.717, 1.165) is 29.7 Å². The monoisotopic (exact) mass is 341 g/mol. The van der Waals surface area contributed by atoms with Crippen molar-refractivity contribution in [3.05, 3.63) is 54.1 Å². The maximum Gasteiger partial charge on any atom is 0.232 e.